The van der Waals surface area contributed by atoms with Crippen molar-refractivity contribution in [3.05, 3.63) is 132 Å². The smallest absolute Gasteiger partial charge is 0.408 e. The zero-order valence-corrected chi connectivity index (χ0v) is 20.4. The molecule has 0 fully saturated rings. The molecule has 0 spiro atoms. The molecular weight excluding hydrogens is 473 g/mol. The lowest BCUT2D eigenvalue weighted by molar-refractivity contribution is -0.114. The third-order valence-corrected chi connectivity index (χ3v) is 6.55. The molecule has 1 amide bonds. The van der Waals surface area contributed by atoms with Crippen molar-refractivity contribution >= 4 is 20.0 Å². The van der Waals surface area contributed by atoms with Crippen molar-refractivity contribution in [3.63, 3.8) is 0 Å². The molecule has 0 aliphatic carbocycles. The summed E-state index contributed by atoms with van der Waals surface area (Å²) in [6.07, 6.45) is -0.433. The molecule has 1 N–H and O–H groups in total. The van der Waals surface area contributed by atoms with Gasteiger partial charge in [0.25, 0.3) is 5.52 Å². The van der Waals surface area contributed by atoms with Crippen LogP contribution in [0, 0.1) is 0 Å². The molecule has 1 atom stereocenters. The van der Waals surface area contributed by atoms with E-state index < -0.39 is 20.5 Å². The van der Waals surface area contributed by atoms with E-state index in [1.165, 1.54) is 0 Å². The summed E-state index contributed by atoms with van der Waals surface area (Å²) in [5, 5.41) is 2.73. The summed E-state index contributed by atoms with van der Waals surface area (Å²) in [6.45, 7) is 0.0920. The molecule has 7 heteroatoms. The van der Waals surface area contributed by atoms with Crippen LogP contribution in [0.15, 0.2) is 121 Å². The maximum atomic E-state index is 13.8. The number of carbonyl (C=O) groups excluding carboxylic acids is 2. The Morgan fingerprint density at radius 3 is 1.58 bits per heavy atom. The van der Waals surface area contributed by atoms with E-state index in [9.17, 15) is 9.59 Å². The second kappa shape index (κ2) is 13.1. The van der Waals surface area contributed by atoms with Crippen LogP contribution in [-0.4, -0.2) is 17.7 Å². The monoisotopic (exact) mass is 499 g/mol. The van der Waals surface area contributed by atoms with Crippen LogP contribution in [0.3, 0.4) is 0 Å². The lowest BCUT2D eigenvalue weighted by Crippen LogP contribution is -2.42. The molecule has 4 rings (SSSR count). The lowest BCUT2D eigenvalue weighted by Gasteiger charge is -2.23. The number of carbonyl (C=O) groups is 2. The van der Waals surface area contributed by atoms with Crippen molar-refractivity contribution in [3.8, 4) is 11.5 Å². The van der Waals surface area contributed by atoms with Gasteiger partial charge in [-0.2, -0.15) is 0 Å². The van der Waals surface area contributed by atoms with Crippen LogP contribution in [-0.2, 0) is 22.6 Å². The molecule has 0 aliphatic rings. The van der Waals surface area contributed by atoms with Crippen molar-refractivity contribution in [2.45, 2.75) is 19.1 Å². The maximum Gasteiger partial charge on any atom is 0.408 e. The maximum absolute atomic E-state index is 13.8. The highest BCUT2D eigenvalue weighted by atomic mass is 31.2. The number of alkyl carbamates (subject to hydrolysis) is 1. The van der Waals surface area contributed by atoms with Crippen molar-refractivity contribution in [2.24, 2.45) is 0 Å². The van der Waals surface area contributed by atoms with E-state index in [2.05, 4.69) is 5.32 Å². The molecule has 0 saturated heterocycles. The summed E-state index contributed by atoms with van der Waals surface area (Å²) >= 11 is 0. The predicted molar refractivity (Wildman–Crippen MR) is 140 cm³/mol. The van der Waals surface area contributed by atoms with Crippen molar-refractivity contribution in [1.82, 2.24) is 5.32 Å². The molecule has 0 aromatic heterocycles. The van der Waals surface area contributed by atoms with Crippen LogP contribution in [0.4, 0.5) is 4.79 Å². The lowest BCUT2D eigenvalue weighted by atomic mass is 10.1. The number of benzene rings is 4. The third kappa shape index (κ3) is 7.69. The fourth-order valence-electron chi connectivity index (χ4n) is 3.35. The topological polar surface area (TPSA) is 73.9 Å². The average molecular weight is 500 g/mol. The molecule has 182 valence electrons. The molecule has 6 nitrogen and oxygen atoms in total. The van der Waals surface area contributed by atoms with Gasteiger partial charge in [-0.1, -0.05) is 97.1 Å². The Hall–Kier alpha value is -4.15. The SMILES string of the molecule is O=C(NC(Cc1ccccc1)C(=O)P(Oc1ccccc1)Oc1ccccc1)OCc1ccccc1. The minimum Gasteiger partial charge on any atom is -0.445 e. The summed E-state index contributed by atoms with van der Waals surface area (Å²) in [5.41, 5.74) is 1.35. The van der Waals surface area contributed by atoms with Gasteiger partial charge >= 0.3 is 14.5 Å². The molecule has 4 aromatic rings. The van der Waals surface area contributed by atoms with Crippen LogP contribution in [0.25, 0.3) is 0 Å². The number of ether oxygens (including phenoxy) is 1. The first-order valence-electron chi connectivity index (χ1n) is 11.5. The Bertz CT molecular complexity index is 1180. The van der Waals surface area contributed by atoms with E-state index in [0.29, 0.717) is 11.5 Å². The number of hydrogen-bond acceptors (Lipinski definition) is 5. The summed E-state index contributed by atoms with van der Waals surface area (Å²) in [6, 6.07) is 35.9. The predicted octanol–water partition coefficient (Wildman–Crippen LogP) is 6.52. The highest BCUT2D eigenvalue weighted by Crippen LogP contribution is 2.42. The van der Waals surface area contributed by atoms with Crippen LogP contribution in [0.2, 0.25) is 0 Å². The molecule has 1 unspecified atom stereocenters. The van der Waals surface area contributed by atoms with Gasteiger partial charge in [0.15, 0.2) is 0 Å². The molecule has 0 saturated carbocycles. The molecule has 0 heterocycles. The highest BCUT2D eigenvalue weighted by molar-refractivity contribution is 7.67. The minimum atomic E-state index is -2.10. The van der Waals surface area contributed by atoms with Gasteiger partial charge < -0.3 is 19.1 Å². The third-order valence-electron chi connectivity index (χ3n) is 5.13. The van der Waals surface area contributed by atoms with Crippen LogP contribution in [0.5, 0.6) is 11.5 Å². The standard InChI is InChI=1S/C29H26NO5P/c31-28(36(34-25-17-9-3-10-18-25)35-26-19-11-4-12-20-26)27(21-23-13-5-1-6-14-23)30-29(32)33-22-24-15-7-2-8-16-24/h1-20,27H,21-22H2,(H,30,32). The fraction of sp³-hybridized carbons (Fsp3) is 0.103. The quantitative estimate of drug-likeness (QED) is 0.238. The number of hydrogen-bond donors (Lipinski definition) is 1. The zero-order chi connectivity index (χ0) is 25.0. The van der Waals surface area contributed by atoms with Gasteiger partial charge in [0.2, 0.25) is 0 Å². The molecule has 0 radical (unpaired) electrons. The zero-order valence-electron chi connectivity index (χ0n) is 19.5. The van der Waals surface area contributed by atoms with E-state index in [-0.39, 0.29) is 18.6 Å². The van der Waals surface area contributed by atoms with Gasteiger partial charge in [0.05, 0.1) is 0 Å². The van der Waals surface area contributed by atoms with Crippen LogP contribution < -0.4 is 14.4 Å². The van der Waals surface area contributed by atoms with Gasteiger partial charge in [-0.3, -0.25) is 4.79 Å². The van der Waals surface area contributed by atoms with E-state index in [1.54, 1.807) is 24.3 Å². The van der Waals surface area contributed by atoms with E-state index >= 15 is 0 Å². The molecule has 0 aliphatic heterocycles. The van der Waals surface area contributed by atoms with Crippen molar-refractivity contribution in [1.29, 1.82) is 0 Å². The van der Waals surface area contributed by atoms with Gasteiger partial charge in [0.1, 0.15) is 24.1 Å². The Kier molecular flexibility index (Phi) is 9.07. The number of rotatable bonds is 11. The molecule has 36 heavy (non-hydrogen) atoms. The Balaban J connectivity index is 1.54. The molecule has 0 bridgehead atoms. The Morgan fingerprint density at radius 1 is 0.639 bits per heavy atom. The largest absolute Gasteiger partial charge is 0.445 e. The van der Waals surface area contributed by atoms with Gasteiger partial charge in [0, 0.05) is 6.42 Å². The van der Waals surface area contributed by atoms with E-state index in [4.69, 9.17) is 13.8 Å². The minimum absolute atomic E-state index is 0.0920. The first-order chi connectivity index (χ1) is 17.7. The average Bonchev–Trinajstić information content (AvgIpc) is 2.93. The molecule has 4 aromatic carbocycles. The van der Waals surface area contributed by atoms with Gasteiger partial charge in [-0.05, 0) is 35.4 Å². The molecular formula is C29H26NO5P. The van der Waals surface area contributed by atoms with Crippen molar-refractivity contribution < 1.29 is 23.4 Å². The van der Waals surface area contributed by atoms with Crippen LogP contribution in [0.1, 0.15) is 11.1 Å². The summed E-state index contributed by atoms with van der Waals surface area (Å²) in [4.78, 5) is 26.5. The Labute approximate surface area is 211 Å². The Morgan fingerprint density at radius 2 is 1.08 bits per heavy atom. The summed E-state index contributed by atoms with van der Waals surface area (Å²) in [5.74, 6) is 0.996. The normalized spacial score (nSPS) is 11.4. The highest BCUT2D eigenvalue weighted by Gasteiger charge is 2.34. The fourth-order valence-corrected chi connectivity index (χ4v) is 4.60. The summed E-state index contributed by atoms with van der Waals surface area (Å²) < 4.78 is 17.4. The van der Waals surface area contributed by atoms with E-state index in [1.807, 2.05) is 97.1 Å². The second-order valence-corrected chi connectivity index (χ2v) is 9.17. The van der Waals surface area contributed by atoms with Gasteiger partial charge in [-0.15, -0.1) is 0 Å². The van der Waals surface area contributed by atoms with Crippen molar-refractivity contribution in [2.75, 3.05) is 0 Å². The second-order valence-electron chi connectivity index (χ2n) is 7.85. The van der Waals surface area contributed by atoms with Gasteiger partial charge in [-0.25, -0.2) is 4.79 Å². The first-order valence-corrected chi connectivity index (χ1v) is 12.7. The number of amides is 1. The summed E-state index contributed by atoms with van der Waals surface area (Å²) in [7, 11) is -2.10. The number of nitrogens with one attached hydrogen (secondary N) is 1. The van der Waals surface area contributed by atoms with E-state index in [0.717, 1.165) is 11.1 Å². The number of para-hydroxylation sites is 2. The van der Waals surface area contributed by atoms with Crippen LogP contribution >= 0.6 is 8.38 Å². The first kappa shape index (κ1) is 25.0.